The van der Waals surface area contributed by atoms with Crippen molar-refractivity contribution in [3.63, 3.8) is 0 Å². The Balaban J connectivity index is 2.65. The lowest BCUT2D eigenvalue weighted by Crippen LogP contribution is -2.23. The minimum absolute atomic E-state index is 0.404. The summed E-state index contributed by atoms with van der Waals surface area (Å²) in [4.78, 5) is 13.2. The summed E-state index contributed by atoms with van der Waals surface area (Å²) < 4.78 is 0. The van der Waals surface area contributed by atoms with E-state index in [1.165, 1.54) is 11.3 Å². The van der Waals surface area contributed by atoms with Crippen molar-refractivity contribution in [3.05, 3.63) is 16.3 Å². The standard InChI is InChI=1S/C11H17NO2S/c1-4-8(2)6-12(3)9-5-10(11(13)14)15-7-9/h5,7-8H,4,6H2,1-3H3,(H,13,14). The number of carbonyl (C=O) groups is 1. The molecule has 0 spiro atoms. The van der Waals surface area contributed by atoms with Gasteiger partial charge in [0.05, 0.1) is 0 Å². The molecule has 1 heterocycles. The third kappa shape index (κ3) is 3.23. The molecule has 0 saturated heterocycles. The average Bonchev–Trinajstić information content (AvgIpc) is 2.66. The summed E-state index contributed by atoms with van der Waals surface area (Å²) in [5.41, 5.74) is 0.998. The average molecular weight is 227 g/mol. The molecule has 15 heavy (non-hydrogen) atoms. The predicted molar refractivity (Wildman–Crippen MR) is 64.0 cm³/mol. The molecule has 1 aromatic rings. The van der Waals surface area contributed by atoms with Crippen LogP contribution in [0.5, 0.6) is 0 Å². The normalized spacial score (nSPS) is 12.5. The van der Waals surface area contributed by atoms with Crippen molar-refractivity contribution in [2.24, 2.45) is 5.92 Å². The van der Waals surface area contributed by atoms with Crippen LogP contribution in [0.25, 0.3) is 0 Å². The molecule has 0 radical (unpaired) electrons. The second-order valence-corrected chi connectivity index (χ2v) is 4.78. The number of nitrogens with zero attached hydrogens (tertiary/aromatic N) is 1. The van der Waals surface area contributed by atoms with Crippen LogP contribution in [0.2, 0.25) is 0 Å². The summed E-state index contributed by atoms with van der Waals surface area (Å²) in [7, 11) is 2.00. The van der Waals surface area contributed by atoms with Gasteiger partial charge in [0.25, 0.3) is 0 Å². The summed E-state index contributed by atoms with van der Waals surface area (Å²) in [6, 6.07) is 1.73. The summed E-state index contributed by atoms with van der Waals surface area (Å²) in [6.07, 6.45) is 1.14. The maximum Gasteiger partial charge on any atom is 0.345 e. The molecule has 0 aliphatic carbocycles. The highest BCUT2D eigenvalue weighted by Gasteiger charge is 2.11. The molecule has 84 valence electrons. The molecule has 1 rings (SSSR count). The van der Waals surface area contributed by atoms with Gasteiger partial charge in [0.2, 0.25) is 0 Å². The Bertz CT molecular complexity index is 335. The van der Waals surface area contributed by atoms with Crippen molar-refractivity contribution in [2.45, 2.75) is 20.3 Å². The van der Waals surface area contributed by atoms with Crippen LogP contribution >= 0.6 is 11.3 Å². The number of carboxylic acid groups (broad SMARTS) is 1. The van der Waals surface area contributed by atoms with Gasteiger partial charge in [-0.3, -0.25) is 0 Å². The Morgan fingerprint density at radius 2 is 2.33 bits per heavy atom. The van der Waals surface area contributed by atoms with Crippen LogP contribution in [0, 0.1) is 5.92 Å². The molecule has 1 unspecified atom stereocenters. The van der Waals surface area contributed by atoms with Crippen LogP contribution in [-0.2, 0) is 0 Å². The highest BCUT2D eigenvalue weighted by Crippen LogP contribution is 2.23. The SMILES string of the molecule is CCC(C)CN(C)c1csc(C(=O)O)c1. The molecule has 0 fully saturated rings. The molecule has 0 amide bonds. The van der Waals surface area contributed by atoms with Crippen LogP contribution in [-0.4, -0.2) is 24.7 Å². The van der Waals surface area contributed by atoms with Gasteiger partial charge >= 0.3 is 5.97 Å². The molecule has 3 nitrogen and oxygen atoms in total. The number of anilines is 1. The highest BCUT2D eigenvalue weighted by atomic mass is 32.1. The quantitative estimate of drug-likeness (QED) is 0.840. The molecule has 0 saturated carbocycles. The Kier molecular flexibility index (Phi) is 4.15. The number of aromatic carboxylic acids is 1. The van der Waals surface area contributed by atoms with E-state index >= 15 is 0 Å². The Labute approximate surface area is 94.3 Å². The summed E-state index contributed by atoms with van der Waals surface area (Å²) >= 11 is 1.28. The Morgan fingerprint density at radius 3 is 2.80 bits per heavy atom. The predicted octanol–water partition coefficient (Wildman–Crippen LogP) is 2.93. The fraction of sp³-hybridized carbons (Fsp3) is 0.545. The van der Waals surface area contributed by atoms with Gasteiger partial charge in [-0.15, -0.1) is 11.3 Å². The summed E-state index contributed by atoms with van der Waals surface area (Å²) in [5.74, 6) is -0.216. The van der Waals surface area contributed by atoms with E-state index in [0.717, 1.165) is 18.7 Å². The third-order valence-electron chi connectivity index (χ3n) is 2.52. The van der Waals surface area contributed by atoms with Crippen molar-refractivity contribution in [3.8, 4) is 0 Å². The minimum Gasteiger partial charge on any atom is -0.477 e. The lowest BCUT2D eigenvalue weighted by molar-refractivity contribution is 0.0702. The molecule has 1 aromatic heterocycles. The van der Waals surface area contributed by atoms with Crippen LogP contribution in [0.4, 0.5) is 5.69 Å². The van der Waals surface area contributed by atoms with Crippen molar-refractivity contribution in [1.82, 2.24) is 0 Å². The van der Waals surface area contributed by atoms with Crippen molar-refractivity contribution >= 4 is 23.0 Å². The zero-order valence-electron chi connectivity index (χ0n) is 9.36. The van der Waals surface area contributed by atoms with Crippen molar-refractivity contribution < 1.29 is 9.90 Å². The molecule has 1 N–H and O–H groups in total. The second kappa shape index (κ2) is 5.16. The first-order valence-corrected chi connectivity index (χ1v) is 5.95. The van der Waals surface area contributed by atoms with Crippen LogP contribution in [0.1, 0.15) is 29.9 Å². The maximum atomic E-state index is 10.7. The van der Waals surface area contributed by atoms with E-state index in [-0.39, 0.29) is 0 Å². The first-order valence-electron chi connectivity index (χ1n) is 5.07. The largest absolute Gasteiger partial charge is 0.477 e. The molecule has 1 atom stereocenters. The van der Waals surface area contributed by atoms with E-state index in [1.807, 2.05) is 12.4 Å². The molecule has 0 aliphatic rings. The van der Waals surface area contributed by atoms with E-state index in [9.17, 15) is 4.79 Å². The molecular formula is C11H17NO2S. The van der Waals surface area contributed by atoms with E-state index < -0.39 is 5.97 Å². The number of hydrogen-bond acceptors (Lipinski definition) is 3. The van der Waals surface area contributed by atoms with E-state index in [0.29, 0.717) is 10.8 Å². The first kappa shape index (κ1) is 12.0. The van der Waals surface area contributed by atoms with E-state index in [4.69, 9.17) is 5.11 Å². The summed E-state index contributed by atoms with van der Waals surface area (Å²) in [6.45, 7) is 5.32. The van der Waals surface area contributed by atoms with E-state index in [2.05, 4.69) is 18.7 Å². The van der Waals surface area contributed by atoms with E-state index in [1.54, 1.807) is 6.07 Å². The Morgan fingerprint density at radius 1 is 1.67 bits per heavy atom. The molecule has 4 heteroatoms. The number of carboxylic acids is 1. The van der Waals surface area contributed by atoms with Crippen LogP contribution in [0.3, 0.4) is 0 Å². The highest BCUT2D eigenvalue weighted by molar-refractivity contribution is 7.12. The van der Waals surface area contributed by atoms with Crippen LogP contribution < -0.4 is 4.90 Å². The number of thiophene rings is 1. The fourth-order valence-electron chi connectivity index (χ4n) is 1.34. The fourth-order valence-corrected chi connectivity index (χ4v) is 2.13. The topological polar surface area (TPSA) is 40.5 Å². The van der Waals surface area contributed by atoms with Crippen molar-refractivity contribution in [2.75, 3.05) is 18.5 Å². The minimum atomic E-state index is -0.844. The smallest absolute Gasteiger partial charge is 0.345 e. The molecule has 0 bridgehead atoms. The maximum absolute atomic E-state index is 10.7. The number of hydrogen-bond donors (Lipinski definition) is 1. The van der Waals surface area contributed by atoms with Gasteiger partial charge in [0.1, 0.15) is 4.88 Å². The first-order chi connectivity index (χ1) is 7.04. The van der Waals surface area contributed by atoms with Gasteiger partial charge in [-0.25, -0.2) is 4.79 Å². The summed E-state index contributed by atoms with van der Waals surface area (Å²) in [5, 5.41) is 10.7. The van der Waals surface area contributed by atoms with Gasteiger partial charge in [0, 0.05) is 24.7 Å². The number of rotatable bonds is 5. The molecule has 0 aliphatic heterocycles. The zero-order chi connectivity index (χ0) is 11.4. The van der Waals surface area contributed by atoms with Gasteiger partial charge in [-0.2, -0.15) is 0 Å². The van der Waals surface area contributed by atoms with Gasteiger partial charge < -0.3 is 10.0 Å². The van der Waals surface area contributed by atoms with Crippen molar-refractivity contribution in [1.29, 1.82) is 0 Å². The monoisotopic (exact) mass is 227 g/mol. The van der Waals surface area contributed by atoms with Gasteiger partial charge in [-0.1, -0.05) is 20.3 Å². The third-order valence-corrected chi connectivity index (χ3v) is 3.43. The second-order valence-electron chi connectivity index (χ2n) is 3.87. The lowest BCUT2D eigenvalue weighted by atomic mass is 10.1. The lowest BCUT2D eigenvalue weighted by Gasteiger charge is -2.21. The molecular weight excluding hydrogens is 210 g/mol. The Hall–Kier alpha value is -1.03. The molecule has 0 aromatic carbocycles. The van der Waals surface area contributed by atoms with Gasteiger partial charge in [0.15, 0.2) is 0 Å². The zero-order valence-corrected chi connectivity index (χ0v) is 10.2. The van der Waals surface area contributed by atoms with Gasteiger partial charge in [-0.05, 0) is 12.0 Å². The van der Waals surface area contributed by atoms with Crippen LogP contribution in [0.15, 0.2) is 11.4 Å².